The van der Waals surface area contributed by atoms with Gasteiger partial charge < -0.3 is 20.3 Å². The lowest BCUT2D eigenvalue weighted by atomic mass is 10.0. The van der Waals surface area contributed by atoms with E-state index in [0.29, 0.717) is 12.3 Å². The van der Waals surface area contributed by atoms with E-state index in [0.717, 1.165) is 50.0 Å². The first-order valence-corrected chi connectivity index (χ1v) is 11.8. The Morgan fingerprint density at radius 1 is 1.13 bits per heavy atom. The van der Waals surface area contributed by atoms with Crippen LogP contribution in [0.15, 0.2) is 24.3 Å². The molecule has 0 aliphatic heterocycles. The van der Waals surface area contributed by atoms with Crippen LogP contribution in [0, 0.1) is 5.41 Å². The maximum atomic E-state index is 12.9. The van der Waals surface area contributed by atoms with Crippen LogP contribution >= 0.6 is 0 Å². The van der Waals surface area contributed by atoms with Crippen LogP contribution in [0.4, 0.5) is 0 Å². The summed E-state index contributed by atoms with van der Waals surface area (Å²) < 4.78 is 6.12. The van der Waals surface area contributed by atoms with E-state index in [9.17, 15) is 9.59 Å². The number of ether oxygens (including phenoxy) is 1. The molecule has 0 spiro atoms. The van der Waals surface area contributed by atoms with E-state index in [1.165, 1.54) is 0 Å². The molecule has 2 saturated carbocycles. The smallest absolute Gasteiger partial charge is 0.261 e. The van der Waals surface area contributed by atoms with Gasteiger partial charge in [0.2, 0.25) is 5.91 Å². The Morgan fingerprint density at radius 2 is 1.77 bits per heavy atom. The van der Waals surface area contributed by atoms with E-state index in [1.807, 2.05) is 39.2 Å². The number of carbonyl (C=O) groups excluding carboxylic acids is 2. The number of hydrogen-bond donors (Lipinski definition) is 2. The Bertz CT molecular complexity index is 773. The van der Waals surface area contributed by atoms with Crippen LogP contribution in [-0.2, 0) is 9.59 Å². The minimum absolute atomic E-state index is 0.0655. The molecule has 2 aliphatic rings. The molecule has 0 heterocycles. The summed E-state index contributed by atoms with van der Waals surface area (Å²) in [7, 11) is 4.03. The molecule has 0 aromatic heterocycles. The average Bonchev–Trinajstić information content (AvgIpc) is 3.37. The second-order valence-electron chi connectivity index (χ2n) is 9.91. The molecule has 2 N–H and O–H groups in total. The van der Waals surface area contributed by atoms with Gasteiger partial charge in [0.25, 0.3) is 5.91 Å². The molecular weight excluding hydrogens is 390 g/mol. The minimum atomic E-state index is -0.511. The van der Waals surface area contributed by atoms with Gasteiger partial charge in [-0.2, -0.15) is 0 Å². The van der Waals surface area contributed by atoms with Crippen molar-refractivity contribution in [3.63, 3.8) is 0 Å². The van der Waals surface area contributed by atoms with Gasteiger partial charge in [0.05, 0.1) is 5.41 Å². The van der Waals surface area contributed by atoms with Gasteiger partial charge in [-0.3, -0.25) is 9.59 Å². The predicted molar refractivity (Wildman–Crippen MR) is 123 cm³/mol. The van der Waals surface area contributed by atoms with Gasteiger partial charge in [0, 0.05) is 18.6 Å². The van der Waals surface area contributed by atoms with Gasteiger partial charge in [-0.25, -0.2) is 0 Å². The minimum Gasteiger partial charge on any atom is -0.480 e. The number of rotatable bonds is 10. The van der Waals surface area contributed by atoms with Crippen molar-refractivity contribution in [3.05, 3.63) is 29.8 Å². The van der Waals surface area contributed by atoms with Gasteiger partial charge in [-0.1, -0.05) is 39.0 Å². The standard InChI is InChI=1S/C25H39N3O3/c1-6-21(31-22-10-8-7-9-20(22)17(2)3)23(29)26-18-11-12-19(15-18)27-24(30)25(13-14-25)16-28(4)5/h7-10,17-19,21H,6,11-16H2,1-5H3,(H,26,29)(H,27,30)/t18-,19+,21?/m1/s1. The van der Waals surface area contributed by atoms with Crippen molar-refractivity contribution >= 4 is 11.8 Å². The van der Waals surface area contributed by atoms with Crippen LogP contribution in [0.2, 0.25) is 0 Å². The van der Waals surface area contributed by atoms with Crippen LogP contribution in [0.3, 0.4) is 0 Å². The molecule has 6 heteroatoms. The van der Waals surface area contributed by atoms with Crippen LogP contribution < -0.4 is 15.4 Å². The lowest BCUT2D eigenvalue weighted by Crippen LogP contribution is -2.45. The first-order chi connectivity index (χ1) is 14.7. The maximum absolute atomic E-state index is 12.9. The van der Waals surface area contributed by atoms with Crippen LogP contribution in [0.25, 0.3) is 0 Å². The highest BCUT2D eigenvalue weighted by atomic mass is 16.5. The Balaban J connectivity index is 1.51. The molecule has 3 atom stereocenters. The van der Waals surface area contributed by atoms with Gasteiger partial charge in [0.15, 0.2) is 6.10 Å². The average molecular weight is 430 g/mol. The molecule has 172 valence electrons. The molecular formula is C25H39N3O3. The Morgan fingerprint density at radius 3 is 2.35 bits per heavy atom. The van der Waals surface area contributed by atoms with E-state index in [1.54, 1.807) is 0 Å². The summed E-state index contributed by atoms with van der Waals surface area (Å²) >= 11 is 0. The largest absolute Gasteiger partial charge is 0.480 e. The fraction of sp³-hybridized carbons (Fsp3) is 0.680. The van der Waals surface area contributed by atoms with Crippen molar-refractivity contribution in [2.24, 2.45) is 5.41 Å². The van der Waals surface area contributed by atoms with E-state index >= 15 is 0 Å². The summed E-state index contributed by atoms with van der Waals surface area (Å²) in [6, 6.07) is 8.16. The molecule has 0 radical (unpaired) electrons. The number of amides is 2. The fourth-order valence-electron chi connectivity index (χ4n) is 4.63. The molecule has 0 saturated heterocycles. The summed E-state index contributed by atoms with van der Waals surface area (Å²) in [5.74, 6) is 1.23. The SMILES string of the molecule is CCC(Oc1ccccc1C(C)C)C(=O)N[C@@H]1CC[C@H](NC(=O)C2(CN(C)C)CC2)C1. The zero-order valence-corrected chi connectivity index (χ0v) is 19.7. The van der Waals surface area contributed by atoms with E-state index in [4.69, 9.17) is 4.74 Å². The normalized spacial score (nSPS) is 22.9. The predicted octanol–water partition coefficient (Wildman–Crippen LogP) is 3.46. The zero-order valence-electron chi connectivity index (χ0n) is 19.7. The Hall–Kier alpha value is -2.08. The lowest BCUT2D eigenvalue weighted by Gasteiger charge is -2.23. The Labute approximate surface area is 187 Å². The van der Waals surface area contributed by atoms with Crippen molar-refractivity contribution in [1.82, 2.24) is 15.5 Å². The maximum Gasteiger partial charge on any atom is 0.261 e. The highest BCUT2D eigenvalue weighted by Gasteiger charge is 2.50. The molecule has 6 nitrogen and oxygen atoms in total. The summed E-state index contributed by atoms with van der Waals surface area (Å²) in [5, 5.41) is 6.41. The molecule has 2 amide bonds. The number of para-hydroxylation sites is 1. The van der Waals surface area contributed by atoms with Crippen molar-refractivity contribution in [3.8, 4) is 5.75 Å². The number of nitrogens with zero attached hydrogens (tertiary/aromatic N) is 1. The highest BCUT2D eigenvalue weighted by Crippen LogP contribution is 2.46. The first kappa shape index (κ1) is 23.6. The monoisotopic (exact) mass is 429 g/mol. The van der Waals surface area contributed by atoms with Crippen molar-refractivity contribution < 1.29 is 14.3 Å². The summed E-state index contributed by atoms with van der Waals surface area (Å²) in [4.78, 5) is 27.7. The van der Waals surface area contributed by atoms with Gasteiger partial charge in [-0.05, 0) is 70.2 Å². The molecule has 1 aromatic rings. The molecule has 0 bridgehead atoms. The fourth-order valence-corrected chi connectivity index (χ4v) is 4.63. The molecule has 3 rings (SSSR count). The van der Waals surface area contributed by atoms with E-state index in [2.05, 4.69) is 35.4 Å². The number of nitrogens with one attached hydrogen (secondary N) is 2. The van der Waals surface area contributed by atoms with Crippen LogP contribution in [0.5, 0.6) is 5.75 Å². The summed E-state index contributed by atoms with van der Waals surface area (Å²) in [5.41, 5.74) is 0.916. The topological polar surface area (TPSA) is 70.7 Å². The summed E-state index contributed by atoms with van der Waals surface area (Å²) in [6.07, 6.45) is 4.61. The van der Waals surface area contributed by atoms with E-state index < -0.39 is 6.10 Å². The van der Waals surface area contributed by atoms with Crippen LogP contribution in [0.1, 0.15) is 70.8 Å². The molecule has 2 fully saturated rings. The number of carbonyl (C=O) groups is 2. The second-order valence-corrected chi connectivity index (χ2v) is 9.91. The number of benzene rings is 1. The summed E-state index contributed by atoms with van der Waals surface area (Å²) in [6.45, 7) is 7.03. The molecule has 2 aliphatic carbocycles. The highest BCUT2D eigenvalue weighted by molar-refractivity contribution is 5.86. The molecule has 1 unspecified atom stereocenters. The van der Waals surface area contributed by atoms with Crippen molar-refractivity contribution in [2.45, 2.75) is 83.4 Å². The second kappa shape index (κ2) is 10.0. The number of hydrogen-bond acceptors (Lipinski definition) is 4. The van der Waals surface area contributed by atoms with Gasteiger partial charge in [-0.15, -0.1) is 0 Å². The third-order valence-electron chi connectivity index (χ3n) is 6.54. The van der Waals surface area contributed by atoms with E-state index in [-0.39, 0.29) is 29.3 Å². The lowest BCUT2D eigenvalue weighted by molar-refractivity contribution is -0.128. The zero-order chi connectivity index (χ0) is 22.6. The van der Waals surface area contributed by atoms with Gasteiger partial charge >= 0.3 is 0 Å². The van der Waals surface area contributed by atoms with Crippen molar-refractivity contribution in [2.75, 3.05) is 20.6 Å². The Kier molecular flexibility index (Phi) is 7.63. The van der Waals surface area contributed by atoms with Crippen LogP contribution in [-0.4, -0.2) is 55.5 Å². The third-order valence-corrected chi connectivity index (χ3v) is 6.54. The molecule has 1 aromatic carbocycles. The first-order valence-electron chi connectivity index (χ1n) is 11.8. The van der Waals surface area contributed by atoms with Crippen molar-refractivity contribution in [1.29, 1.82) is 0 Å². The quantitative estimate of drug-likeness (QED) is 0.598. The van der Waals surface area contributed by atoms with Gasteiger partial charge in [0.1, 0.15) is 5.75 Å². The third kappa shape index (κ3) is 6.00. The molecule has 31 heavy (non-hydrogen) atoms.